The predicted molar refractivity (Wildman–Crippen MR) is 241 cm³/mol. The van der Waals surface area contributed by atoms with Crippen LogP contribution in [0.3, 0.4) is 0 Å². The lowest BCUT2D eigenvalue weighted by Crippen LogP contribution is -2.64. The smallest absolute Gasteiger partial charge is 0.412 e. The average molecular weight is 920 g/mol. The number of benzene rings is 4. The number of hydrogen-bond acceptors (Lipinski definition) is 11. The molecule has 0 bridgehead atoms. The number of nitrogens with two attached hydrogens (primary N) is 1. The molecule has 0 aliphatic heterocycles. The molecular weight excluding hydrogens is 856 g/mol. The Morgan fingerprint density at radius 2 is 0.984 bits per heavy atom. The Balaban J connectivity index is 0.0000102. The van der Waals surface area contributed by atoms with Gasteiger partial charge in [0.1, 0.15) is 6.10 Å². The number of aliphatic hydroxyl groups excluding tert-OH is 2. The lowest BCUT2D eigenvalue weighted by atomic mass is 9.94. The van der Waals surface area contributed by atoms with Crippen LogP contribution in [0, 0.1) is 0 Å². The maximum absolute atomic E-state index is 15.0. The van der Waals surface area contributed by atoms with Crippen LogP contribution in [0.1, 0.15) is 73.4 Å². The molecule has 0 spiro atoms. The number of ether oxygens (including phenoxy) is 1. The third-order valence-corrected chi connectivity index (χ3v) is 12.4. The molecule has 0 radical (unpaired) electrons. The number of amides is 1. The summed E-state index contributed by atoms with van der Waals surface area (Å²) in [6, 6.07) is 31.7. The molecule has 17 heteroatoms. The standard InChI is InChI=1S/C45H62N4O10S2.ClH/c1-42(2,3)49(38(30-34-22-14-10-15-23-34)39(50)32-47(58-43(4,5)6)60(53,54)36-26-18-12-19-27-36)41(52)57-45(46,31-35-24-16-11-17-25-35)40(51)33-48(59-44(7,8)9)61(55,56)37-28-20-13-21-29-37;/h10-29,38-40,50-51H,30-33,46H2,1-9H3;1H/t38-,39-,40+,45-;/m0./s1. The summed E-state index contributed by atoms with van der Waals surface area (Å²) in [6.07, 6.45) is -4.84. The molecule has 0 heterocycles. The van der Waals surface area contributed by atoms with E-state index in [1.54, 1.807) is 153 Å². The number of carbonyl (C=O) groups excluding carboxylic acids is 1. The van der Waals surface area contributed by atoms with Crippen molar-refractivity contribution < 1.29 is 46.3 Å². The second-order valence-corrected chi connectivity index (χ2v) is 21.5. The molecule has 0 saturated heterocycles. The van der Waals surface area contributed by atoms with Crippen molar-refractivity contribution in [1.29, 1.82) is 0 Å². The lowest BCUT2D eigenvalue weighted by molar-refractivity contribution is -0.197. The summed E-state index contributed by atoms with van der Waals surface area (Å²) in [5.41, 5.74) is 2.71. The van der Waals surface area contributed by atoms with Gasteiger partial charge < -0.3 is 14.9 Å². The molecule has 342 valence electrons. The van der Waals surface area contributed by atoms with Gasteiger partial charge in [-0.2, -0.15) is 0 Å². The van der Waals surface area contributed by atoms with Crippen molar-refractivity contribution in [3.05, 3.63) is 132 Å². The van der Waals surface area contributed by atoms with Gasteiger partial charge in [-0.3, -0.25) is 20.3 Å². The molecular formula is C45H63ClN4O10S2. The summed E-state index contributed by atoms with van der Waals surface area (Å²) in [4.78, 5) is 28.0. The molecule has 4 rings (SSSR count). The van der Waals surface area contributed by atoms with Gasteiger partial charge in [-0.15, -0.1) is 12.4 Å². The molecule has 4 aromatic carbocycles. The molecule has 0 saturated carbocycles. The maximum Gasteiger partial charge on any atom is 0.412 e. The SMILES string of the molecule is CC(C)(C)ON(C[C@@H](O)[C@](N)(Cc1ccccc1)OC(=O)N([C@@H](Cc1ccccc1)[C@@H](O)CN(OC(C)(C)C)S(=O)(=O)c1ccccc1)C(C)(C)C)S(=O)(=O)c1ccccc1.Cl. The van der Waals surface area contributed by atoms with Crippen LogP contribution >= 0.6 is 12.4 Å². The van der Waals surface area contributed by atoms with E-state index in [0.29, 0.717) is 15.6 Å². The Labute approximate surface area is 374 Å². The van der Waals surface area contributed by atoms with Crippen LogP contribution < -0.4 is 5.73 Å². The zero-order valence-corrected chi connectivity index (χ0v) is 39.4. The molecule has 14 nitrogen and oxygen atoms in total. The second kappa shape index (κ2) is 21.2. The van der Waals surface area contributed by atoms with Gasteiger partial charge >= 0.3 is 6.09 Å². The average Bonchev–Trinajstić information content (AvgIpc) is 3.17. The normalized spacial score (nSPS) is 15.3. The summed E-state index contributed by atoms with van der Waals surface area (Å²) < 4.78 is 63.8. The van der Waals surface area contributed by atoms with Crippen LogP contribution in [0.4, 0.5) is 4.79 Å². The van der Waals surface area contributed by atoms with Crippen LogP contribution in [0.5, 0.6) is 0 Å². The van der Waals surface area contributed by atoms with E-state index >= 15 is 0 Å². The summed E-state index contributed by atoms with van der Waals surface area (Å²) in [7, 11) is -8.75. The number of nitrogens with zero attached hydrogens (tertiary/aromatic N) is 3. The highest BCUT2D eigenvalue weighted by atomic mass is 35.5. The molecule has 0 unspecified atom stereocenters. The van der Waals surface area contributed by atoms with Gasteiger partial charge in [0, 0.05) is 12.0 Å². The first kappa shape index (κ1) is 52.4. The fourth-order valence-corrected chi connectivity index (χ4v) is 9.28. The monoisotopic (exact) mass is 918 g/mol. The Bertz CT molecular complexity index is 2220. The van der Waals surface area contributed by atoms with E-state index in [-0.39, 0.29) is 35.0 Å². The fraction of sp³-hybridized carbons (Fsp3) is 0.444. The predicted octanol–water partition coefficient (Wildman–Crippen LogP) is 6.72. The molecule has 0 aliphatic carbocycles. The summed E-state index contributed by atoms with van der Waals surface area (Å²) in [6.45, 7) is 13.7. The number of hydrogen-bond donors (Lipinski definition) is 3. The molecule has 62 heavy (non-hydrogen) atoms. The third-order valence-electron chi connectivity index (χ3n) is 9.18. The van der Waals surface area contributed by atoms with Gasteiger partial charge in [0.05, 0.1) is 46.2 Å². The Hall–Kier alpha value is -3.94. The number of halogens is 1. The minimum absolute atomic E-state index is 0. The quantitative estimate of drug-likeness (QED) is 0.0710. The first-order valence-electron chi connectivity index (χ1n) is 20.0. The topological polar surface area (TPSA) is 189 Å². The van der Waals surface area contributed by atoms with Crippen LogP contribution in [-0.4, -0.2) is 101 Å². The van der Waals surface area contributed by atoms with Crippen molar-refractivity contribution >= 4 is 38.5 Å². The minimum atomic E-state index is -4.40. The number of hydroxylamine groups is 2. The van der Waals surface area contributed by atoms with E-state index in [1.807, 2.05) is 6.07 Å². The largest absolute Gasteiger partial charge is 0.425 e. The Morgan fingerprint density at radius 1 is 0.613 bits per heavy atom. The van der Waals surface area contributed by atoms with Crippen molar-refractivity contribution in [2.24, 2.45) is 5.73 Å². The molecule has 4 N–H and O–H groups in total. The zero-order chi connectivity index (χ0) is 45.4. The fourth-order valence-electron chi connectivity index (χ4n) is 6.48. The van der Waals surface area contributed by atoms with Crippen LogP contribution in [0.25, 0.3) is 0 Å². The number of sulfonamides is 2. The molecule has 0 aromatic heterocycles. The first-order chi connectivity index (χ1) is 28.2. The highest BCUT2D eigenvalue weighted by molar-refractivity contribution is 7.89. The number of carbonyl (C=O) groups is 1. The second-order valence-electron chi connectivity index (χ2n) is 17.9. The number of aliphatic hydroxyl groups is 2. The molecule has 1 amide bonds. The third kappa shape index (κ3) is 14.6. The zero-order valence-electron chi connectivity index (χ0n) is 36.9. The van der Waals surface area contributed by atoms with Crippen molar-refractivity contribution in [1.82, 2.24) is 13.8 Å². The van der Waals surface area contributed by atoms with Crippen LogP contribution in [0.2, 0.25) is 0 Å². The molecule has 4 atom stereocenters. The highest BCUT2D eigenvalue weighted by Gasteiger charge is 2.47. The van der Waals surface area contributed by atoms with E-state index in [2.05, 4.69) is 0 Å². The van der Waals surface area contributed by atoms with Gasteiger partial charge in [-0.05, 0) is 104 Å². The summed E-state index contributed by atoms with van der Waals surface area (Å²) >= 11 is 0. The molecule has 0 fully saturated rings. The lowest BCUT2D eigenvalue weighted by Gasteiger charge is -2.46. The highest BCUT2D eigenvalue weighted by Crippen LogP contribution is 2.31. The molecule has 0 aliphatic rings. The van der Waals surface area contributed by atoms with Gasteiger partial charge in [0.25, 0.3) is 20.0 Å². The van der Waals surface area contributed by atoms with E-state index in [4.69, 9.17) is 20.1 Å². The van der Waals surface area contributed by atoms with E-state index in [9.17, 15) is 31.8 Å². The van der Waals surface area contributed by atoms with E-state index in [1.165, 1.54) is 29.2 Å². The summed E-state index contributed by atoms with van der Waals surface area (Å²) in [5, 5.41) is 24.4. The summed E-state index contributed by atoms with van der Waals surface area (Å²) in [5.74, 6) is 0. The van der Waals surface area contributed by atoms with Gasteiger partial charge in [0.2, 0.25) is 0 Å². The van der Waals surface area contributed by atoms with E-state index in [0.717, 1.165) is 4.47 Å². The molecule has 4 aromatic rings. The Morgan fingerprint density at radius 3 is 1.37 bits per heavy atom. The first-order valence-corrected chi connectivity index (χ1v) is 22.9. The van der Waals surface area contributed by atoms with Gasteiger partial charge in [0.15, 0.2) is 5.72 Å². The van der Waals surface area contributed by atoms with Crippen LogP contribution in [-0.2, 0) is 47.3 Å². The van der Waals surface area contributed by atoms with Crippen molar-refractivity contribution in [2.75, 3.05) is 13.1 Å². The van der Waals surface area contributed by atoms with Gasteiger partial charge in [-0.25, -0.2) is 21.6 Å². The van der Waals surface area contributed by atoms with E-state index < -0.39 is 79.9 Å². The number of rotatable bonds is 18. The van der Waals surface area contributed by atoms with Crippen molar-refractivity contribution in [2.45, 2.75) is 126 Å². The van der Waals surface area contributed by atoms with Crippen molar-refractivity contribution in [3.8, 4) is 0 Å². The Kier molecular flexibility index (Phi) is 17.9. The maximum atomic E-state index is 15.0. The van der Waals surface area contributed by atoms with Crippen LogP contribution in [0.15, 0.2) is 131 Å². The minimum Gasteiger partial charge on any atom is -0.425 e. The van der Waals surface area contributed by atoms with Gasteiger partial charge in [-0.1, -0.05) is 106 Å². The van der Waals surface area contributed by atoms with Crippen molar-refractivity contribution in [3.63, 3.8) is 0 Å².